The highest BCUT2D eigenvalue weighted by molar-refractivity contribution is 6.31. The molecule has 1 heterocycles. The lowest BCUT2D eigenvalue weighted by Crippen LogP contribution is -2.31. The summed E-state index contributed by atoms with van der Waals surface area (Å²) in [5.74, 6) is -0.0596. The molecule has 0 unspecified atom stereocenters. The van der Waals surface area contributed by atoms with E-state index in [1.54, 1.807) is 17.2 Å². The Morgan fingerprint density at radius 3 is 2.50 bits per heavy atom. The summed E-state index contributed by atoms with van der Waals surface area (Å²) in [6.07, 6.45) is 1.63. The number of carbonyl (C=O) groups excluding carboxylic acids is 1. The number of hydrogen-bond acceptors (Lipinski definition) is 3. The summed E-state index contributed by atoms with van der Waals surface area (Å²) in [4.78, 5) is 18.2. The molecule has 0 atom stereocenters. The van der Waals surface area contributed by atoms with Crippen LogP contribution in [0, 0.1) is 6.92 Å². The Balaban J connectivity index is 2.21. The summed E-state index contributed by atoms with van der Waals surface area (Å²) in [5, 5.41) is 3.95. The summed E-state index contributed by atoms with van der Waals surface area (Å²) in [6, 6.07) is 9.35. The second kappa shape index (κ2) is 7.27. The number of amides is 1. The van der Waals surface area contributed by atoms with E-state index in [2.05, 4.69) is 10.3 Å². The van der Waals surface area contributed by atoms with Crippen molar-refractivity contribution in [3.8, 4) is 0 Å². The van der Waals surface area contributed by atoms with Crippen LogP contribution in [0.2, 0.25) is 5.02 Å². The molecule has 0 aliphatic heterocycles. The molecule has 22 heavy (non-hydrogen) atoms. The summed E-state index contributed by atoms with van der Waals surface area (Å²) >= 11 is 6.13. The number of aromatic nitrogens is 1. The predicted octanol–water partition coefficient (Wildman–Crippen LogP) is 4.27. The number of rotatable bonds is 5. The zero-order valence-electron chi connectivity index (χ0n) is 13.1. The number of pyridine rings is 1. The quantitative estimate of drug-likeness (QED) is 0.895. The summed E-state index contributed by atoms with van der Waals surface area (Å²) in [7, 11) is 0. The normalized spacial score (nSPS) is 10.4. The first-order valence-electron chi connectivity index (χ1n) is 7.33. The van der Waals surface area contributed by atoms with E-state index in [9.17, 15) is 4.79 Å². The second-order valence-corrected chi connectivity index (χ2v) is 5.40. The van der Waals surface area contributed by atoms with E-state index >= 15 is 0 Å². The molecule has 0 fully saturated rings. The number of carbonyl (C=O) groups is 1. The first-order chi connectivity index (χ1) is 10.5. The van der Waals surface area contributed by atoms with Gasteiger partial charge in [-0.3, -0.25) is 9.78 Å². The van der Waals surface area contributed by atoms with E-state index in [0.29, 0.717) is 23.8 Å². The highest BCUT2D eigenvalue weighted by atomic mass is 35.5. The molecule has 0 bridgehead atoms. The fourth-order valence-electron chi connectivity index (χ4n) is 2.14. The van der Waals surface area contributed by atoms with Crippen LogP contribution in [-0.4, -0.2) is 28.9 Å². The third-order valence-corrected chi connectivity index (χ3v) is 3.90. The van der Waals surface area contributed by atoms with Crippen molar-refractivity contribution in [2.75, 3.05) is 18.4 Å². The third-order valence-electron chi connectivity index (χ3n) is 3.49. The van der Waals surface area contributed by atoms with Gasteiger partial charge in [-0.1, -0.05) is 17.7 Å². The Morgan fingerprint density at radius 1 is 1.18 bits per heavy atom. The lowest BCUT2D eigenvalue weighted by atomic mass is 10.2. The predicted molar refractivity (Wildman–Crippen MR) is 91.0 cm³/mol. The van der Waals surface area contributed by atoms with Crippen molar-refractivity contribution >= 4 is 28.9 Å². The Hall–Kier alpha value is -2.07. The molecule has 1 aromatic carbocycles. The van der Waals surface area contributed by atoms with Crippen LogP contribution in [0.1, 0.15) is 29.9 Å². The number of aryl methyl sites for hydroxylation is 1. The molecule has 4 nitrogen and oxygen atoms in total. The van der Waals surface area contributed by atoms with Gasteiger partial charge in [-0.25, -0.2) is 0 Å². The molecule has 5 heteroatoms. The van der Waals surface area contributed by atoms with Gasteiger partial charge in [0.25, 0.3) is 5.91 Å². The molecule has 0 saturated heterocycles. The van der Waals surface area contributed by atoms with Gasteiger partial charge >= 0.3 is 0 Å². The van der Waals surface area contributed by atoms with Crippen LogP contribution in [-0.2, 0) is 0 Å². The van der Waals surface area contributed by atoms with Crippen molar-refractivity contribution in [2.24, 2.45) is 0 Å². The largest absolute Gasteiger partial charge is 0.355 e. The Morgan fingerprint density at radius 2 is 1.86 bits per heavy atom. The molecule has 0 radical (unpaired) electrons. The molecule has 0 aliphatic rings. The SMILES string of the molecule is CCN(CC)C(=O)c1cc(Nc2ccc(C)c(Cl)c2)ccn1. The average Bonchev–Trinajstić information content (AvgIpc) is 2.52. The van der Waals surface area contributed by atoms with Crippen LogP contribution in [0.25, 0.3) is 0 Å². The van der Waals surface area contributed by atoms with Crippen LogP contribution in [0.3, 0.4) is 0 Å². The third kappa shape index (κ3) is 3.77. The van der Waals surface area contributed by atoms with E-state index in [-0.39, 0.29) is 5.91 Å². The van der Waals surface area contributed by atoms with Crippen molar-refractivity contribution in [1.82, 2.24) is 9.88 Å². The highest BCUT2D eigenvalue weighted by Gasteiger charge is 2.14. The average molecular weight is 318 g/mol. The minimum Gasteiger partial charge on any atom is -0.355 e. The first kappa shape index (κ1) is 16.3. The van der Waals surface area contributed by atoms with Crippen molar-refractivity contribution < 1.29 is 4.79 Å². The van der Waals surface area contributed by atoms with Gasteiger partial charge in [0.05, 0.1) is 0 Å². The zero-order chi connectivity index (χ0) is 16.1. The van der Waals surface area contributed by atoms with Gasteiger partial charge < -0.3 is 10.2 Å². The second-order valence-electron chi connectivity index (χ2n) is 5.00. The molecule has 2 rings (SSSR count). The van der Waals surface area contributed by atoms with Gasteiger partial charge in [0.1, 0.15) is 5.69 Å². The number of halogens is 1. The van der Waals surface area contributed by atoms with E-state index in [4.69, 9.17) is 11.6 Å². The number of hydrogen-bond donors (Lipinski definition) is 1. The number of anilines is 2. The van der Waals surface area contributed by atoms with Gasteiger partial charge in [-0.05, 0) is 50.6 Å². The maximum Gasteiger partial charge on any atom is 0.272 e. The van der Waals surface area contributed by atoms with Gasteiger partial charge in [0.15, 0.2) is 0 Å². The van der Waals surface area contributed by atoms with Crippen molar-refractivity contribution in [3.05, 3.63) is 52.8 Å². The molecule has 2 aromatic rings. The molecule has 0 aliphatic carbocycles. The Labute approximate surface area is 136 Å². The molecular weight excluding hydrogens is 298 g/mol. The van der Waals surface area contributed by atoms with Gasteiger partial charge in [0.2, 0.25) is 0 Å². The van der Waals surface area contributed by atoms with Crippen molar-refractivity contribution in [1.29, 1.82) is 0 Å². The lowest BCUT2D eigenvalue weighted by molar-refractivity contribution is 0.0767. The highest BCUT2D eigenvalue weighted by Crippen LogP contribution is 2.23. The van der Waals surface area contributed by atoms with E-state index < -0.39 is 0 Å². The number of nitrogens with zero attached hydrogens (tertiary/aromatic N) is 2. The van der Waals surface area contributed by atoms with Crippen LogP contribution < -0.4 is 5.32 Å². The molecule has 1 N–H and O–H groups in total. The summed E-state index contributed by atoms with van der Waals surface area (Å²) < 4.78 is 0. The molecular formula is C17H20ClN3O. The maximum absolute atomic E-state index is 12.3. The summed E-state index contributed by atoms with van der Waals surface area (Å²) in [6.45, 7) is 7.21. The molecule has 1 amide bonds. The fraction of sp³-hybridized carbons (Fsp3) is 0.294. The minimum atomic E-state index is -0.0596. The Kier molecular flexibility index (Phi) is 5.39. The van der Waals surface area contributed by atoms with Gasteiger partial charge in [-0.15, -0.1) is 0 Å². The smallest absolute Gasteiger partial charge is 0.272 e. The molecule has 1 aromatic heterocycles. The number of nitrogens with one attached hydrogen (secondary N) is 1. The van der Waals surface area contributed by atoms with Crippen molar-refractivity contribution in [2.45, 2.75) is 20.8 Å². The monoisotopic (exact) mass is 317 g/mol. The minimum absolute atomic E-state index is 0.0596. The van der Waals surface area contributed by atoms with E-state index in [1.165, 1.54) is 0 Å². The first-order valence-corrected chi connectivity index (χ1v) is 7.71. The topological polar surface area (TPSA) is 45.2 Å². The van der Waals surface area contributed by atoms with Crippen LogP contribution in [0.4, 0.5) is 11.4 Å². The maximum atomic E-state index is 12.3. The fourth-order valence-corrected chi connectivity index (χ4v) is 2.32. The molecule has 0 spiro atoms. The van der Waals surface area contributed by atoms with Crippen molar-refractivity contribution in [3.63, 3.8) is 0 Å². The number of benzene rings is 1. The standard InChI is InChI=1S/C17H20ClN3O/c1-4-21(5-2)17(22)16-11-14(8-9-19-16)20-13-7-6-12(3)15(18)10-13/h6-11H,4-5H2,1-3H3,(H,19,20). The van der Waals surface area contributed by atoms with Crippen LogP contribution in [0.15, 0.2) is 36.5 Å². The van der Waals surface area contributed by atoms with Gasteiger partial charge in [0, 0.05) is 35.7 Å². The summed E-state index contributed by atoms with van der Waals surface area (Å²) in [5.41, 5.74) is 3.15. The lowest BCUT2D eigenvalue weighted by Gasteiger charge is -2.18. The Bertz CT molecular complexity index is 669. The van der Waals surface area contributed by atoms with Crippen LogP contribution in [0.5, 0.6) is 0 Å². The molecule has 0 saturated carbocycles. The van der Waals surface area contributed by atoms with E-state index in [1.807, 2.05) is 45.0 Å². The van der Waals surface area contributed by atoms with Crippen LogP contribution >= 0.6 is 11.6 Å². The zero-order valence-corrected chi connectivity index (χ0v) is 13.8. The van der Waals surface area contributed by atoms with Gasteiger partial charge in [-0.2, -0.15) is 0 Å². The van der Waals surface area contributed by atoms with E-state index in [0.717, 1.165) is 16.9 Å². The molecule has 116 valence electrons.